The molecule has 9 nitrogen and oxygen atoms in total. The van der Waals surface area contributed by atoms with Gasteiger partial charge in [-0.3, -0.25) is 0 Å². The number of imidazole rings is 1. The predicted octanol–water partition coefficient (Wildman–Crippen LogP) is 5.10. The van der Waals surface area contributed by atoms with E-state index in [1.54, 1.807) is 7.11 Å². The second-order valence-electron chi connectivity index (χ2n) is 9.87. The minimum absolute atomic E-state index is 0. The summed E-state index contributed by atoms with van der Waals surface area (Å²) in [5, 5.41) is 10.6. The minimum Gasteiger partial charge on any atom is -0.497 e. The molecule has 0 saturated heterocycles. The summed E-state index contributed by atoms with van der Waals surface area (Å²) in [5.74, 6) is 2.36. The van der Waals surface area contributed by atoms with Gasteiger partial charge < -0.3 is 31.0 Å². The van der Waals surface area contributed by atoms with Gasteiger partial charge in [-0.25, -0.2) is 4.98 Å². The number of aromatic nitrogens is 4. The predicted molar refractivity (Wildman–Crippen MR) is 162 cm³/mol. The number of hydrogen-bond donors (Lipinski definition) is 4. The van der Waals surface area contributed by atoms with Gasteiger partial charge in [0.1, 0.15) is 5.75 Å². The van der Waals surface area contributed by atoms with E-state index in [1.165, 1.54) is 31.2 Å². The Balaban J connectivity index is 0.00000169. The Morgan fingerprint density at radius 1 is 0.947 bits per heavy atom. The smallest absolute Gasteiger partial charge is 0.227 e. The van der Waals surface area contributed by atoms with E-state index >= 15 is 0 Å². The molecule has 3 aromatic rings. The van der Waals surface area contributed by atoms with Crippen LogP contribution in [-0.4, -0.2) is 51.8 Å². The third kappa shape index (κ3) is 7.99. The highest BCUT2D eigenvalue weighted by molar-refractivity contribution is 5.86. The van der Waals surface area contributed by atoms with E-state index in [1.807, 2.05) is 18.5 Å². The zero-order valence-corrected chi connectivity index (χ0v) is 24.3. The van der Waals surface area contributed by atoms with E-state index in [4.69, 9.17) is 25.4 Å². The number of nitrogens with zero attached hydrogens (tertiary/aromatic N) is 4. The first-order valence-electron chi connectivity index (χ1n) is 13.0. The SMILES string of the molecule is COc1ccc(CNCCNc2nc(NC3CCC(N)CC3)nc3c2ncn3C2CCCC2)cc1.Cl.Cl.Cl. The highest BCUT2D eigenvalue weighted by atomic mass is 35.5. The van der Waals surface area contributed by atoms with Gasteiger partial charge in [-0.1, -0.05) is 25.0 Å². The number of nitrogens with two attached hydrogens (primary N) is 1. The first-order chi connectivity index (χ1) is 17.2. The summed E-state index contributed by atoms with van der Waals surface area (Å²) in [4.78, 5) is 14.5. The minimum atomic E-state index is 0. The van der Waals surface area contributed by atoms with E-state index in [-0.39, 0.29) is 37.2 Å². The highest BCUT2D eigenvalue weighted by Gasteiger charge is 2.23. The molecule has 1 aromatic carbocycles. The maximum Gasteiger partial charge on any atom is 0.227 e. The van der Waals surface area contributed by atoms with Gasteiger partial charge in [0.05, 0.1) is 13.4 Å². The molecule has 2 saturated carbocycles. The molecule has 2 aromatic heterocycles. The van der Waals surface area contributed by atoms with E-state index in [9.17, 15) is 0 Å². The molecule has 0 amide bonds. The molecule has 38 heavy (non-hydrogen) atoms. The molecule has 0 unspecified atom stereocenters. The number of rotatable bonds is 10. The average molecular weight is 588 g/mol. The van der Waals surface area contributed by atoms with Crippen LogP contribution in [0.15, 0.2) is 30.6 Å². The molecule has 2 fully saturated rings. The number of methoxy groups -OCH3 is 1. The molecular weight excluding hydrogens is 547 g/mol. The Hall–Kier alpha value is -2.04. The van der Waals surface area contributed by atoms with Crippen molar-refractivity contribution in [2.24, 2.45) is 5.73 Å². The highest BCUT2D eigenvalue weighted by Crippen LogP contribution is 2.33. The molecule has 5 N–H and O–H groups in total. The van der Waals surface area contributed by atoms with Gasteiger partial charge in [0.15, 0.2) is 17.0 Å². The first kappa shape index (κ1) is 32.2. The fraction of sp³-hybridized carbons (Fsp3) is 0.577. The van der Waals surface area contributed by atoms with Crippen molar-refractivity contribution in [3.63, 3.8) is 0 Å². The number of fused-ring (bicyclic) bond motifs is 1. The quantitative estimate of drug-likeness (QED) is 0.242. The van der Waals surface area contributed by atoms with Crippen LogP contribution in [-0.2, 0) is 6.54 Å². The molecular formula is C26H41Cl3N8O. The summed E-state index contributed by atoms with van der Waals surface area (Å²) >= 11 is 0. The van der Waals surface area contributed by atoms with Crippen LogP contribution in [0.2, 0.25) is 0 Å². The van der Waals surface area contributed by atoms with E-state index in [0.29, 0.717) is 24.1 Å². The van der Waals surface area contributed by atoms with Crippen LogP contribution in [0, 0.1) is 0 Å². The molecule has 0 bridgehead atoms. The van der Waals surface area contributed by atoms with Crippen LogP contribution in [0.1, 0.15) is 63.0 Å². The van der Waals surface area contributed by atoms with Crippen molar-refractivity contribution in [3.05, 3.63) is 36.2 Å². The van der Waals surface area contributed by atoms with Crippen LogP contribution in [0.3, 0.4) is 0 Å². The number of hydrogen-bond acceptors (Lipinski definition) is 8. The first-order valence-corrected chi connectivity index (χ1v) is 13.0. The lowest BCUT2D eigenvalue weighted by atomic mass is 9.92. The summed E-state index contributed by atoms with van der Waals surface area (Å²) in [7, 11) is 1.69. The number of nitrogens with one attached hydrogen (secondary N) is 3. The Labute approximate surface area is 243 Å². The lowest BCUT2D eigenvalue weighted by Crippen LogP contribution is -2.33. The van der Waals surface area contributed by atoms with Gasteiger partial charge in [-0.2, -0.15) is 9.97 Å². The van der Waals surface area contributed by atoms with E-state index in [2.05, 4.69) is 32.7 Å². The summed E-state index contributed by atoms with van der Waals surface area (Å²) in [6, 6.07) is 9.31. The average Bonchev–Trinajstić information content (AvgIpc) is 3.56. The van der Waals surface area contributed by atoms with Crippen molar-refractivity contribution in [1.29, 1.82) is 0 Å². The van der Waals surface area contributed by atoms with Crippen molar-refractivity contribution in [3.8, 4) is 5.75 Å². The van der Waals surface area contributed by atoms with Gasteiger partial charge in [-0.05, 0) is 56.2 Å². The van der Waals surface area contributed by atoms with Crippen molar-refractivity contribution in [1.82, 2.24) is 24.8 Å². The third-order valence-electron chi connectivity index (χ3n) is 7.33. The molecule has 0 spiro atoms. The van der Waals surface area contributed by atoms with Gasteiger partial charge in [-0.15, -0.1) is 37.2 Å². The van der Waals surface area contributed by atoms with Gasteiger partial charge >= 0.3 is 0 Å². The van der Waals surface area contributed by atoms with Crippen molar-refractivity contribution in [2.75, 3.05) is 30.8 Å². The molecule has 0 atom stereocenters. The van der Waals surface area contributed by atoms with E-state index in [0.717, 1.165) is 68.0 Å². The molecule has 12 heteroatoms. The molecule has 2 heterocycles. The third-order valence-corrected chi connectivity index (χ3v) is 7.33. The molecule has 0 radical (unpaired) electrons. The van der Waals surface area contributed by atoms with Crippen LogP contribution in [0.5, 0.6) is 5.75 Å². The monoisotopic (exact) mass is 586 g/mol. The maximum atomic E-state index is 6.10. The molecule has 0 aliphatic heterocycles. The standard InChI is InChI=1S/C26H38N8O.3ClH/c1-35-22-12-6-18(7-13-22)16-28-14-15-29-24-23-25(34(17-30-23)21-4-2-3-5-21)33-26(32-24)31-20-10-8-19(27)9-11-20;;;/h6-7,12-13,17,19-21,28H,2-5,8-11,14-16,27H2,1H3,(H2,29,31,32,33);3*1H. The number of benzene rings is 1. The maximum absolute atomic E-state index is 6.10. The van der Waals surface area contributed by atoms with Crippen molar-refractivity contribution in [2.45, 2.75) is 76.0 Å². The summed E-state index contributed by atoms with van der Waals surface area (Å²) < 4.78 is 7.49. The van der Waals surface area contributed by atoms with Crippen LogP contribution in [0.4, 0.5) is 11.8 Å². The fourth-order valence-corrected chi connectivity index (χ4v) is 5.25. The molecule has 212 valence electrons. The van der Waals surface area contributed by atoms with Gasteiger partial charge in [0, 0.05) is 37.8 Å². The summed E-state index contributed by atoms with van der Waals surface area (Å²) in [5.41, 5.74) is 9.10. The van der Waals surface area contributed by atoms with Crippen LogP contribution >= 0.6 is 37.2 Å². The van der Waals surface area contributed by atoms with E-state index < -0.39 is 0 Å². The second-order valence-corrected chi connectivity index (χ2v) is 9.87. The summed E-state index contributed by atoms with van der Waals surface area (Å²) in [6.45, 7) is 2.36. The van der Waals surface area contributed by atoms with Crippen molar-refractivity contribution < 1.29 is 4.74 Å². The van der Waals surface area contributed by atoms with Gasteiger partial charge in [0.25, 0.3) is 0 Å². The van der Waals surface area contributed by atoms with Crippen LogP contribution in [0.25, 0.3) is 11.2 Å². The normalized spacial score (nSPS) is 19.2. The second kappa shape index (κ2) is 15.5. The Morgan fingerprint density at radius 2 is 1.66 bits per heavy atom. The number of ether oxygens (including phenoxy) is 1. The zero-order chi connectivity index (χ0) is 24.0. The van der Waals surface area contributed by atoms with Crippen molar-refractivity contribution >= 4 is 60.2 Å². The summed E-state index contributed by atoms with van der Waals surface area (Å²) in [6.07, 6.45) is 11.1. The molecule has 2 aliphatic rings. The number of anilines is 2. The number of halogens is 3. The molecule has 5 rings (SSSR count). The lowest BCUT2D eigenvalue weighted by Gasteiger charge is -2.27. The fourth-order valence-electron chi connectivity index (χ4n) is 5.25. The Bertz CT molecular complexity index is 1100. The van der Waals surface area contributed by atoms with Gasteiger partial charge in [0.2, 0.25) is 5.95 Å². The zero-order valence-electron chi connectivity index (χ0n) is 21.9. The molecule has 2 aliphatic carbocycles. The Kier molecular flexibility index (Phi) is 13.1. The topological polar surface area (TPSA) is 115 Å². The Morgan fingerprint density at radius 3 is 2.34 bits per heavy atom. The van der Waals surface area contributed by atoms with Crippen LogP contribution < -0.4 is 26.4 Å². The largest absolute Gasteiger partial charge is 0.497 e. The lowest BCUT2D eigenvalue weighted by molar-refractivity contribution is 0.410.